The second-order valence-corrected chi connectivity index (χ2v) is 11.4. The monoisotopic (exact) mass is 437 g/mol. The molecule has 1 saturated heterocycles. The highest BCUT2D eigenvalue weighted by Crippen LogP contribution is 2.55. The quantitative estimate of drug-likeness (QED) is 0.288. The second-order valence-electron chi connectivity index (χ2n) is 9.91. The summed E-state index contributed by atoms with van der Waals surface area (Å²) in [5.41, 5.74) is -2.04. The third kappa shape index (κ3) is 11.5. The molecule has 0 unspecified atom stereocenters. The van der Waals surface area contributed by atoms with E-state index in [1.807, 2.05) is 13.8 Å². The molecule has 0 aromatic carbocycles. The lowest BCUT2D eigenvalue weighted by molar-refractivity contribution is -0.155. The van der Waals surface area contributed by atoms with Crippen LogP contribution in [0.15, 0.2) is 0 Å². The molecule has 0 aromatic heterocycles. The molecule has 29 heavy (non-hydrogen) atoms. The number of hydrogen-bond donors (Lipinski definition) is 0. The maximum atomic E-state index is 12.9. The normalized spacial score (nSPS) is 17.4. The van der Waals surface area contributed by atoms with Crippen LogP contribution in [0, 0.1) is 5.41 Å². The van der Waals surface area contributed by atoms with Crippen molar-refractivity contribution in [1.82, 2.24) is 4.90 Å². The lowest BCUT2D eigenvalue weighted by Crippen LogP contribution is -2.39. The molecule has 0 bridgehead atoms. The predicted octanol–water partition coefficient (Wildman–Crippen LogP) is 4.03. The molecule has 0 radical (unpaired) electrons. The van der Waals surface area contributed by atoms with Gasteiger partial charge in [-0.3, -0.25) is 23.3 Å². The van der Waals surface area contributed by atoms with E-state index in [0.717, 1.165) is 32.8 Å². The second kappa shape index (κ2) is 10.7. The first-order valence-corrected chi connectivity index (χ1v) is 11.7. The maximum Gasteiger partial charge on any atom is 0.475 e. The van der Waals surface area contributed by atoms with E-state index in [1.165, 1.54) is 0 Å². The van der Waals surface area contributed by atoms with Crippen molar-refractivity contribution in [2.45, 2.75) is 73.0 Å². The first kappa shape index (κ1) is 26.5. The highest BCUT2D eigenvalue weighted by atomic mass is 31.2. The molecule has 0 aliphatic carbocycles. The third-order valence-corrected chi connectivity index (χ3v) is 6.09. The number of rotatable bonds is 10. The Hall–Kier alpha value is -0.500. The van der Waals surface area contributed by atoms with Gasteiger partial charge >= 0.3 is 13.8 Å². The highest BCUT2D eigenvalue weighted by Gasteiger charge is 2.37. The van der Waals surface area contributed by atoms with Gasteiger partial charge in [0.25, 0.3) is 0 Å². The van der Waals surface area contributed by atoms with Crippen LogP contribution in [0.3, 0.4) is 0 Å². The van der Waals surface area contributed by atoms with Gasteiger partial charge in [-0.2, -0.15) is 0 Å². The van der Waals surface area contributed by atoms with Crippen LogP contribution in [0.2, 0.25) is 0 Å². The summed E-state index contributed by atoms with van der Waals surface area (Å²) < 4.78 is 40.1. The summed E-state index contributed by atoms with van der Waals surface area (Å²) in [6.45, 7) is 18.3. The molecule has 0 N–H and O–H groups in total. The van der Waals surface area contributed by atoms with Crippen molar-refractivity contribution >= 4 is 13.8 Å². The van der Waals surface area contributed by atoms with Crippen LogP contribution < -0.4 is 0 Å². The SMILES string of the molecule is CC(C)(C)OP(=O)(OCCOC(=O)C(C)(C)CCN1CCOCC1)OC(C)(C)C. The van der Waals surface area contributed by atoms with Crippen LogP contribution in [0.25, 0.3) is 0 Å². The molecule has 0 atom stereocenters. The number of carbonyl (C=O) groups is 1. The molecule has 1 fully saturated rings. The Balaban J connectivity index is 2.47. The van der Waals surface area contributed by atoms with Crippen molar-refractivity contribution in [3.63, 3.8) is 0 Å². The minimum atomic E-state index is -3.80. The van der Waals surface area contributed by atoms with Crippen molar-refractivity contribution in [1.29, 1.82) is 0 Å². The van der Waals surface area contributed by atoms with Crippen molar-refractivity contribution in [3.8, 4) is 0 Å². The Morgan fingerprint density at radius 3 is 1.93 bits per heavy atom. The summed E-state index contributed by atoms with van der Waals surface area (Å²) in [6.07, 6.45) is 0.686. The Morgan fingerprint density at radius 2 is 1.45 bits per heavy atom. The highest BCUT2D eigenvalue weighted by molar-refractivity contribution is 7.48. The molecule has 1 rings (SSSR count). The Morgan fingerprint density at radius 1 is 0.931 bits per heavy atom. The average Bonchev–Trinajstić information content (AvgIpc) is 2.54. The van der Waals surface area contributed by atoms with E-state index in [2.05, 4.69) is 4.90 Å². The maximum absolute atomic E-state index is 12.9. The van der Waals surface area contributed by atoms with Gasteiger partial charge in [0, 0.05) is 13.1 Å². The minimum Gasteiger partial charge on any atom is -0.463 e. The summed E-state index contributed by atoms with van der Waals surface area (Å²) in [4.78, 5) is 14.8. The lowest BCUT2D eigenvalue weighted by atomic mass is 9.89. The molecular weight excluding hydrogens is 397 g/mol. The summed E-state index contributed by atoms with van der Waals surface area (Å²) in [7, 11) is -3.80. The summed E-state index contributed by atoms with van der Waals surface area (Å²) in [6, 6.07) is 0. The van der Waals surface area contributed by atoms with E-state index in [9.17, 15) is 9.36 Å². The van der Waals surface area contributed by atoms with Gasteiger partial charge in [-0.25, -0.2) is 4.57 Å². The van der Waals surface area contributed by atoms with Gasteiger partial charge in [0.05, 0.1) is 36.4 Å². The van der Waals surface area contributed by atoms with Crippen LogP contribution >= 0.6 is 7.82 Å². The van der Waals surface area contributed by atoms with E-state index < -0.39 is 24.4 Å². The molecule has 0 aromatic rings. The van der Waals surface area contributed by atoms with Gasteiger partial charge in [0.1, 0.15) is 6.61 Å². The Bertz CT molecular complexity index is 540. The summed E-state index contributed by atoms with van der Waals surface area (Å²) in [5.74, 6) is -0.308. The smallest absolute Gasteiger partial charge is 0.463 e. The van der Waals surface area contributed by atoms with Gasteiger partial charge in [0.2, 0.25) is 0 Å². The van der Waals surface area contributed by atoms with Crippen LogP contribution in [-0.2, 0) is 32.4 Å². The summed E-state index contributed by atoms with van der Waals surface area (Å²) in [5, 5.41) is 0. The minimum absolute atomic E-state index is 0.0230. The molecule has 0 saturated carbocycles. The van der Waals surface area contributed by atoms with Crippen LogP contribution in [0.5, 0.6) is 0 Å². The van der Waals surface area contributed by atoms with Crippen LogP contribution in [0.4, 0.5) is 0 Å². The zero-order chi connectivity index (χ0) is 22.3. The molecule has 0 spiro atoms. The molecule has 172 valence electrons. The molecular formula is C20H40NO7P. The van der Waals surface area contributed by atoms with E-state index in [4.69, 9.17) is 23.0 Å². The van der Waals surface area contributed by atoms with Crippen molar-refractivity contribution < 1.29 is 32.4 Å². The van der Waals surface area contributed by atoms with Gasteiger partial charge in [0.15, 0.2) is 0 Å². The summed E-state index contributed by atoms with van der Waals surface area (Å²) >= 11 is 0. The fraction of sp³-hybridized carbons (Fsp3) is 0.950. The zero-order valence-corrected chi connectivity index (χ0v) is 20.3. The van der Waals surface area contributed by atoms with Crippen molar-refractivity contribution in [3.05, 3.63) is 0 Å². The van der Waals surface area contributed by atoms with E-state index in [1.54, 1.807) is 41.5 Å². The molecule has 0 amide bonds. The Kier molecular flexibility index (Phi) is 9.78. The number of phosphoric acid groups is 1. The van der Waals surface area contributed by atoms with Crippen LogP contribution in [-0.4, -0.2) is 68.1 Å². The number of ether oxygens (including phenoxy) is 2. The van der Waals surface area contributed by atoms with E-state index in [0.29, 0.717) is 6.42 Å². The number of morpholine rings is 1. The van der Waals surface area contributed by atoms with Gasteiger partial charge < -0.3 is 9.47 Å². The fourth-order valence-corrected chi connectivity index (χ4v) is 4.37. The predicted molar refractivity (Wildman–Crippen MR) is 112 cm³/mol. The van der Waals surface area contributed by atoms with E-state index >= 15 is 0 Å². The van der Waals surface area contributed by atoms with Gasteiger partial charge in [-0.1, -0.05) is 0 Å². The molecule has 8 nitrogen and oxygen atoms in total. The number of carbonyl (C=O) groups excluding carboxylic acids is 1. The third-order valence-electron chi connectivity index (χ3n) is 4.05. The first-order chi connectivity index (χ1) is 13.1. The number of hydrogen-bond acceptors (Lipinski definition) is 8. The van der Waals surface area contributed by atoms with E-state index in [-0.39, 0.29) is 19.2 Å². The molecule has 9 heteroatoms. The number of phosphoric ester groups is 1. The number of nitrogens with zero attached hydrogens (tertiary/aromatic N) is 1. The molecule has 1 aliphatic heterocycles. The first-order valence-electron chi connectivity index (χ1n) is 10.3. The standard InChI is InChI=1S/C20H40NO7P/c1-18(2,3)27-29(23,28-19(4,5)6)26-16-15-25-17(22)20(7,8)9-10-21-11-13-24-14-12-21/h9-16H2,1-8H3. The Labute approximate surface area is 176 Å². The number of esters is 1. The fourth-order valence-electron chi connectivity index (χ4n) is 2.59. The van der Waals surface area contributed by atoms with Gasteiger partial charge in [-0.15, -0.1) is 0 Å². The molecule has 1 aliphatic rings. The van der Waals surface area contributed by atoms with Crippen LogP contribution in [0.1, 0.15) is 61.8 Å². The van der Waals surface area contributed by atoms with Gasteiger partial charge in [-0.05, 0) is 68.4 Å². The largest absolute Gasteiger partial charge is 0.475 e. The lowest BCUT2D eigenvalue weighted by Gasteiger charge is -2.31. The topological polar surface area (TPSA) is 83.5 Å². The molecule has 1 heterocycles. The zero-order valence-electron chi connectivity index (χ0n) is 19.4. The van der Waals surface area contributed by atoms with Crippen molar-refractivity contribution in [2.24, 2.45) is 5.41 Å². The van der Waals surface area contributed by atoms with Crippen molar-refractivity contribution in [2.75, 3.05) is 46.1 Å². The average molecular weight is 438 g/mol.